The third-order valence-electron chi connectivity index (χ3n) is 2.61. The van der Waals surface area contributed by atoms with Gasteiger partial charge in [0.15, 0.2) is 0 Å². The summed E-state index contributed by atoms with van der Waals surface area (Å²) in [5, 5.41) is 0. The van der Waals surface area contributed by atoms with Crippen LogP contribution < -0.4 is 0 Å². The van der Waals surface area contributed by atoms with Crippen molar-refractivity contribution >= 4 is 44.4 Å². The molecule has 0 heterocycles. The molecule has 0 bridgehead atoms. The second-order valence-corrected chi connectivity index (χ2v) is 5.94. The third-order valence-corrected chi connectivity index (χ3v) is 4.04. The third kappa shape index (κ3) is 4.25. The Labute approximate surface area is 125 Å². The molecule has 0 spiro atoms. The average molecular weight is 410 g/mol. The lowest BCUT2D eigenvalue weighted by Gasteiger charge is -2.21. The summed E-state index contributed by atoms with van der Waals surface area (Å²) >= 11 is 5.63. The molecule has 1 aromatic carbocycles. The van der Waals surface area contributed by atoms with Crippen molar-refractivity contribution < 1.29 is 4.79 Å². The zero-order chi connectivity index (χ0) is 12.8. The fourth-order valence-electron chi connectivity index (χ4n) is 1.58. The van der Waals surface area contributed by atoms with Crippen molar-refractivity contribution in [3.63, 3.8) is 0 Å². The second kappa shape index (κ2) is 7.36. The lowest BCUT2D eigenvalue weighted by molar-refractivity contribution is 0.0761. The highest BCUT2D eigenvalue weighted by Crippen LogP contribution is 2.20. The second-order valence-electron chi connectivity index (χ2n) is 3.86. The van der Waals surface area contributed by atoms with Gasteiger partial charge in [0.25, 0.3) is 5.91 Å². The molecule has 0 radical (unpaired) electrons. The summed E-state index contributed by atoms with van der Waals surface area (Å²) in [6, 6.07) is 5.82. The van der Waals surface area contributed by atoms with Crippen LogP contribution in [0.1, 0.15) is 37.0 Å². The molecule has 0 fully saturated rings. The predicted molar refractivity (Wildman–Crippen MR) is 83.3 cm³/mol. The Balaban J connectivity index is 2.89. The fourth-order valence-corrected chi connectivity index (χ4v) is 2.51. The van der Waals surface area contributed by atoms with E-state index >= 15 is 0 Å². The Morgan fingerprint density at radius 2 is 2.12 bits per heavy atom. The van der Waals surface area contributed by atoms with Crippen molar-refractivity contribution in [1.29, 1.82) is 0 Å². The number of halogens is 2. The average Bonchev–Trinajstić information content (AvgIpc) is 2.33. The minimum atomic E-state index is 0.131. The highest BCUT2D eigenvalue weighted by molar-refractivity contribution is 14.1. The Kier molecular flexibility index (Phi) is 6.48. The lowest BCUT2D eigenvalue weighted by atomic mass is 10.2. The molecule has 2 nitrogen and oxygen atoms in total. The molecular weight excluding hydrogens is 393 g/mol. The Bertz CT molecular complexity index is 395. The summed E-state index contributed by atoms with van der Waals surface area (Å²) in [6.45, 7) is 5.77. The maximum Gasteiger partial charge on any atom is 0.254 e. The van der Waals surface area contributed by atoms with Gasteiger partial charge in [-0.05, 0) is 54.1 Å². The molecule has 1 rings (SSSR count). The van der Waals surface area contributed by atoms with Crippen LogP contribution in [0.15, 0.2) is 22.7 Å². The number of carbonyl (C=O) groups excluding carboxylic acids is 1. The van der Waals surface area contributed by atoms with E-state index < -0.39 is 0 Å². The van der Waals surface area contributed by atoms with Crippen LogP contribution in [0.5, 0.6) is 0 Å². The van der Waals surface area contributed by atoms with Gasteiger partial charge in [-0.3, -0.25) is 4.79 Å². The number of unbranched alkanes of at least 4 members (excludes halogenated alkanes) is 1. The standard InChI is InChI=1S/C13H17BrINO/c1-3-5-8-16(4-2)13(17)11-9-10(14)6-7-12(11)15/h6-7,9H,3-5,8H2,1-2H3. The number of benzene rings is 1. The van der Waals surface area contributed by atoms with Gasteiger partial charge in [0.1, 0.15) is 0 Å². The molecular formula is C13H17BrINO. The van der Waals surface area contributed by atoms with Crippen molar-refractivity contribution in [3.8, 4) is 0 Å². The van der Waals surface area contributed by atoms with Gasteiger partial charge in [-0.2, -0.15) is 0 Å². The summed E-state index contributed by atoms with van der Waals surface area (Å²) in [7, 11) is 0. The molecule has 0 saturated heterocycles. The topological polar surface area (TPSA) is 20.3 Å². The van der Waals surface area contributed by atoms with Gasteiger partial charge < -0.3 is 4.90 Å². The van der Waals surface area contributed by atoms with Crippen molar-refractivity contribution in [2.24, 2.45) is 0 Å². The van der Waals surface area contributed by atoms with Gasteiger partial charge in [0.2, 0.25) is 0 Å². The number of amides is 1. The molecule has 0 saturated carbocycles. The lowest BCUT2D eigenvalue weighted by Crippen LogP contribution is -2.32. The number of hydrogen-bond donors (Lipinski definition) is 0. The molecule has 0 aliphatic rings. The molecule has 0 aliphatic heterocycles. The number of carbonyl (C=O) groups is 1. The van der Waals surface area contributed by atoms with Gasteiger partial charge in [0, 0.05) is 21.1 Å². The molecule has 94 valence electrons. The molecule has 0 aliphatic carbocycles. The minimum absolute atomic E-state index is 0.131. The van der Waals surface area contributed by atoms with Crippen molar-refractivity contribution in [3.05, 3.63) is 31.8 Å². The van der Waals surface area contributed by atoms with E-state index in [0.717, 1.165) is 39.5 Å². The summed E-state index contributed by atoms with van der Waals surface area (Å²) in [5.74, 6) is 0.131. The van der Waals surface area contributed by atoms with Gasteiger partial charge in [-0.25, -0.2) is 0 Å². The minimum Gasteiger partial charge on any atom is -0.339 e. The molecule has 0 aromatic heterocycles. The zero-order valence-corrected chi connectivity index (χ0v) is 13.9. The van der Waals surface area contributed by atoms with Crippen LogP contribution in [-0.4, -0.2) is 23.9 Å². The van der Waals surface area contributed by atoms with E-state index in [2.05, 4.69) is 45.4 Å². The maximum absolute atomic E-state index is 12.4. The van der Waals surface area contributed by atoms with Gasteiger partial charge >= 0.3 is 0 Å². The Morgan fingerprint density at radius 3 is 2.71 bits per heavy atom. The van der Waals surface area contributed by atoms with E-state index in [0.29, 0.717) is 0 Å². The first-order valence-corrected chi connectivity index (χ1v) is 7.71. The number of nitrogens with zero attached hydrogens (tertiary/aromatic N) is 1. The Morgan fingerprint density at radius 1 is 1.41 bits per heavy atom. The van der Waals surface area contributed by atoms with Crippen LogP contribution in [0.2, 0.25) is 0 Å². The highest BCUT2D eigenvalue weighted by Gasteiger charge is 2.16. The molecule has 0 atom stereocenters. The predicted octanol–water partition coefficient (Wildman–Crippen LogP) is 4.32. The van der Waals surface area contributed by atoms with E-state index in [1.165, 1.54) is 0 Å². The van der Waals surface area contributed by atoms with Gasteiger partial charge in [-0.1, -0.05) is 29.3 Å². The van der Waals surface area contributed by atoms with E-state index in [4.69, 9.17) is 0 Å². The van der Waals surface area contributed by atoms with E-state index in [9.17, 15) is 4.79 Å². The quantitative estimate of drug-likeness (QED) is 0.663. The molecule has 1 aromatic rings. The van der Waals surface area contributed by atoms with E-state index in [1.807, 2.05) is 30.0 Å². The SMILES string of the molecule is CCCCN(CC)C(=O)c1cc(Br)ccc1I. The molecule has 1 amide bonds. The summed E-state index contributed by atoms with van der Waals surface area (Å²) in [6.07, 6.45) is 2.17. The van der Waals surface area contributed by atoms with Crippen LogP contribution in [0.4, 0.5) is 0 Å². The number of hydrogen-bond acceptors (Lipinski definition) is 1. The first-order chi connectivity index (χ1) is 8.10. The zero-order valence-electron chi connectivity index (χ0n) is 10.2. The van der Waals surface area contributed by atoms with Crippen molar-refractivity contribution in [2.75, 3.05) is 13.1 Å². The van der Waals surface area contributed by atoms with Crippen LogP contribution in [0.3, 0.4) is 0 Å². The molecule has 0 N–H and O–H groups in total. The molecule has 4 heteroatoms. The van der Waals surface area contributed by atoms with Crippen LogP contribution in [0, 0.1) is 3.57 Å². The van der Waals surface area contributed by atoms with E-state index in [1.54, 1.807) is 0 Å². The summed E-state index contributed by atoms with van der Waals surface area (Å²) < 4.78 is 1.96. The molecule has 0 unspecified atom stereocenters. The van der Waals surface area contributed by atoms with Crippen LogP contribution >= 0.6 is 38.5 Å². The fraction of sp³-hybridized carbons (Fsp3) is 0.462. The summed E-state index contributed by atoms with van der Waals surface area (Å²) in [5.41, 5.74) is 0.790. The largest absolute Gasteiger partial charge is 0.339 e. The highest BCUT2D eigenvalue weighted by atomic mass is 127. The van der Waals surface area contributed by atoms with Crippen molar-refractivity contribution in [1.82, 2.24) is 4.90 Å². The van der Waals surface area contributed by atoms with Gasteiger partial charge in [0.05, 0.1) is 5.56 Å². The normalized spacial score (nSPS) is 10.4. The molecule has 17 heavy (non-hydrogen) atoms. The van der Waals surface area contributed by atoms with Crippen molar-refractivity contribution in [2.45, 2.75) is 26.7 Å². The Hall–Kier alpha value is -0.100. The first kappa shape index (κ1) is 15.0. The smallest absolute Gasteiger partial charge is 0.254 e. The first-order valence-electron chi connectivity index (χ1n) is 5.84. The van der Waals surface area contributed by atoms with Crippen LogP contribution in [0.25, 0.3) is 0 Å². The monoisotopic (exact) mass is 409 g/mol. The van der Waals surface area contributed by atoms with Gasteiger partial charge in [-0.15, -0.1) is 0 Å². The van der Waals surface area contributed by atoms with E-state index in [-0.39, 0.29) is 5.91 Å². The summed E-state index contributed by atoms with van der Waals surface area (Å²) in [4.78, 5) is 14.3. The number of rotatable bonds is 5. The maximum atomic E-state index is 12.4. The van der Waals surface area contributed by atoms with Crippen LogP contribution in [-0.2, 0) is 0 Å².